The van der Waals surface area contributed by atoms with Crippen LogP contribution in [0.4, 0.5) is 0 Å². The Labute approximate surface area is 134 Å². The zero-order chi connectivity index (χ0) is 17.6. The maximum Gasteiger partial charge on any atom is 0.340 e. The SMILES string of the molecule is CCOP(=O)(OCC)C(C)C(=O)C(C)C1C(=O)OCN1OC=O. The molecule has 0 aliphatic carbocycles. The van der Waals surface area contributed by atoms with Gasteiger partial charge in [-0.1, -0.05) is 12.0 Å². The van der Waals surface area contributed by atoms with Gasteiger partial charge in [-0.3, -0.25) is 18.9 Å². The maximum atomic E-state index is 12.7. The zero-order valence-corrected chi connectivity index (χ0v) is 14.5. The molecule has 0 radical (unpaired) electrons. The van der Waals surface area contributed by atoms with E-state index in [2.05, 4.69) is 4.84 Å². The lowest BCUT2D eigenvalue weighted by Gasteiger charge is -2.27. The highest BCUT2D eigenvalue weighted by Gasteiger charge is 2.48. The summed E-state index contributed by atoms with van der Waals surface area (Å²) >= 11 is 0. The molecule has 1 rings (SSSR count). The van der Waals surface area contributed by atoms with E-state index in [1.807, 2.05) is 0 Å². The monoisotopic (exact) mass is 351 g/mol. The van der Waals surface area contributed by atoms with Gasteiger partial charge in [0.05, 0.1) is 13.2 Å². The molecule has 0 bridgehead atoms. The predicted molar refractivity (Wildman–Crippen MR) is 78.2 cm³/mol. The molecule has 0 aromatic heterocycles. The normalized spacial score (nSPS) is 21.6. The zero-order valence-electron chi connectivity index (χ0n) is 13.6. The van der Waals surface area contributed by atoms with E-state index in [0.29, 0.717) is 0 Å². The average molecular weight is 351 g/mol. The quantitative estimate of drug-likeness (QED) is 0.325. The molecule has 1 fully saturated rings. The van der Waals surface area contributed by atoms with Crippen LogP contribution in [0.5, 0.6) is 0 Å². The van der Waals surface area contributed by atoms with Gasteiger partial charge in [-0.15, -0.1) is 0 Å². The Hall–Kier alpha value is -1.28. The summed E-state index contributed by atoms with van der Waals surface area (Å²) in [5.41, 5.74) is -1.07. The van der Waals surface area contributed by atoms with Crippen LogP contribution in [-0.2, 0) is 37.6 Å². The molecule has 0 aromatic rings. The van der Waals surface area contributed by atoms with Gasteiger partial charge in [-0.25, -0.2) is 0 Å². The fourth-order valence-corrected chi connectivity index (χ4v) is 4.12. The fourth-order valence-electron chi connectivity index (χ4n) is 2.33. The predicted octanol–water partition coefficient (Wildman–Crippen LogP) is 1.12. The van der Waals surface area contributed by atoms with Crippen molar-refractivity contribution in [2.75, 3.05) is 19.9 Å². The standard InChI is InChI=1S/C13H22NO8P/c1-5-21-23(18,22-6-2)10(4)12(16)9(3)11-13(17)19-7-14(11)20-8-15/h8-11H,5-7H2,1-4H3. The van der Waals surface area contributed by atoms with Crippen LogP contribution in [0, 0.1) is 5.92 Å². The Kier molecular flexibility index (Phi) is 7.34. The minimum atomic E-state index is -3.65. The molecule has 3 unspecified atom stereocenters. The van der Waals surface area contributed by atoms with Crippen molar-refractivity contribution in [2.24, 2.45) is 5.92 Å². The van der Waals surface area contributed by atoms with Gasteiger partial charge in [0.2, 0.25) is 0 Å². The van der Waals surface area contributed by atoms with Gasteiger partial charge >= 0.3 is 20.0 Å². The molecule has 1 aliphatic heterocycles. The number of carbonyl (C=O) groups excluding carboxylic acids is 3. The molecular weight excluding hydrogens is 329 g/mol. The topological polar surface area (TPSA) is 108 Å². The minimum absolute atomic E-state index is 0.120. The number of rotatable bonds is 10. The van der Waals surface area contributed by atoms with E-state index in [1.54, 1.807) is 13.8 Å². The van der Waals surface area contributed by atoms with Crippen LogP contribution in [0.3, 0.4) is 0 Å². The van der Waals surface area contributed by atoms with Gasteiger partial charge in [-0.05, 0) is 20.8 Å². The molecule has 0 spiro atoms. The molecule has 0 aromatic carbocycles. The molecule has 1 aliphatic rings. The molecule has 0 saturated carbocycles. The van der Waals surface area contributed by atoms with Crippen molar-refractivity contribution in [3.8, 4) is 0 Å². The number of ether oxygens (including phenoxy) is 1. The van der Waals surface area contributed by atoms with Crippen molar-refractivity contribution in [3.63, 3.8) is 0 Å². The molecule has 10 heteroatoms. The van der Waals surface area contributed by atoms with E-state index >= 15 is 0 Å². The van der Waals surface area contributed by atoms with Crippen molar-refractivity contribution < 1.29 is 37.6 Å². The number of nitrogens with zero attached hydrogens (tertiary/aromatic N) is 1. The summed E-state index contributed by atoms with van der Waals surface area (Å²) in [6, 6.07) is -1.09. The van der Waals surface area contributed by atoms with Crippen molar-refractivity contribution in [3.05, 3.63) is 0 Å². The first-order valence-corrected chi connectivity index (χ1v) is 8.89. The summed E-state index contributed by atoms with van der Waals surface area (Å²) in [5.74, 6) is -2.12. The lowest BCUT2D eigenvalue weighted by Crippen LogP contribution is -2.44. The van der Waals surface area contributed by atoms with Crippen LogP contribution < -0.4 is 0 Å². The molecule has 9 nitrogen and oxygen atoms in total. The van der Waals surface area contributed by atoms with E-state index < -0.39 is 37.0 Å². The van der Waals surface area contributed by atoms with Gasteiger partial charge in [0.1, 0.15) is 5.66 Å². The number of Topliss-reactive ketones (excluding diaryl/α,β-unsaturated/α-hetero) is 1. The molecule has 1 saturated heterocycles. The first kappa shape index (κ1) is 19.8. The van der Waals surface area contributed by atoms with Crippen molar-refractivity contribution in [1.82, 2.24) is 5.06 Å². The highest BCUT2D eigenvalue weighted by molar-refractivity contribution is 7.55. The van der Waals surface area contributed by atoms with Gasteiger partial charge < -0.3 is 18.6 Å². The van der Waals surface area contributed by atoms with Gasteiger partial charge in [-0.2, -0.15) is 0 Å². The molecule has 1 heterocycles. The molecule has 23 heavy (non-hydrogen) atoms. The van der Waals surface area contributed by atoms with E-state index in [0.717, 1.165) is 5.06 Å². The lowest BCUT2D eigenvalue weighted by molar-refractivity contribution is -0.188. The largest absolute Gasteiger partial charge is 0.445 e. The van der Waals surface area contributed by atoms with Crippen molar-refractivity contribution in [1.29, 1.82) is 0 Å². The van der Waals surface area contributed by atoms with Crippen LogP contribution in [0.2, 0.25) is 0 Å². The highest BCUT2D eigenvalue weighted by atomic mass is 31.2. The number of hydrogen-bond donors (Lipinski definition) is 0. The molecule has 0 N–H and O–H groups in total. The van der Waals surface area contributed by atoms with E-state index in [1.165, 1.54) is 13.8 Å². The summed E-state index contributed by atoms with van der Waals surface area (Å²) in [5, 5.41) is 0.969. The van der Waals surface area contributed by atoms with Gasteiger partial charge in [0.15, 0.2) is 18.6 Å². The van der Waals surface area contributed by atoms with Gasteiger partial charge in [0.25, 0.3) is 0 Å². The third-order valence-electron chi connectivity index (χ3n) is 3.49. The number of esters is 1. The second-order valence-electron chi connectivity index (χ2n) is 4.90. The van der Waals surface area contributed by atoms with Crippen molar-refractivity contribution in [2.45, 2.75) is 39.4 Å². The fraction of sp³-hybridized carbons (Fsp3) is 0.769. The smallest absolute Gasteiger partial charge is 0.340 e. The summed E-state index contributed by atoms with van der Waals surface area (Å²) in [4.78, 5) is 39.5. The molecular formula is C13H22NO8P. The van der Waals surface area contributed by atoms with Crippen LogP contribution in [0.25, 0.3) is 0 Å². The number of hydrogen-bond acceptors (Lipinski definition) is 9. The van der Waals surface area contributed by atoms with Crippen LogP contribution in [0.1, 0.15) is 27.7 Å². The summed E-state index contributed by atoms with van der Waals surface area (Å²) in [6.07, 6.45) is 0. The third-order valence-corrected chi connectivity index (χ3v) is 5.93. The average Bonchev–Trinajstić information content (AvgIpc) is 2.86. The lowest BCUT2D eigenvalue weighted by atomic mass is 9.95. The minimum Gasteiger partial charge on any atom is -0.445 e. The van der Waals surface area contributed by atoms with E-state index in [-0.39, 0.29) is 26.4 Å². The number of carbonyl (C=O) groups is 3. The van der Waals surface area contributed by atoms with Crippen LogP contribution in [-0.4, -0.2) is 54.9 Å². The second kappa shape index (κ2) is 8.54. The van der Waals surface area contributed by atoms with Gasteiger partial charge in [0, 0.05) is 5.92 Å². The number of ketones is 1. The summed E-state index contributed by atoms with van der Waals surface area (Å²) in [6.45, 7) is 6.30. The molecule has 3 atom stereocenters. The van der Waals surface area contributed by atoms with Crippen LogP contribution >= 0.6 is 7.60 Å². The first-order chi connectivity index (χ1) is 10.8. The van der Waals surface area contributed by atoms with Crippen molar-refractivity contribution >= 4 is 25.8 Å². The van der Waals surface area contributed by atoms with E-state index in [4.69, 9.17) is 13.8 Å². The molecule has 0 amide bonds. The Bertz CT molecular complexity index is 486. The molecule has 132 valence electrons. The highest BCUT2D eigenvalue weighted by Crippen LogP contribution is 2.54. The van der Waals surface area contributed by atoms with E-state index in [9.17, 15) is 18.9 Å². The first-order valence-electron chi connectivity index (χ1n) is 7.28. The number of cyclic esters (lactones) is 1. The van der Waals surface area contributed by atoms with Crippen LogP contribution in [0.15, 0.2) is 0 Å². The Morgan fingerprint density at radius 1 is 1.39 bits per heavy atom. The number of hydroxylamine groups is 2. The Morgan fingerprint density at radius 3 is 2.43 bits per heavy atom. The second-order valence-corrected chi connectivity index (χ2v) is 7.27. The summed E-state index contributed by atoms with van der Waals surface area (Å²) in [7, 11) is -3.65. The third kappa shape index (κ3) is 4.38. The Balaban J connectivity index is 2.94. The Morgan fingerprint density at radius 2 is 1.96 bits per heavy atom. The maximum absolute atomic E-state index is 12.7. The summed E-state index contributed by atoms with van der Waals surface area (Å²) < 4.78 is 27.8.